The Balaban J connectivity index is 2.25. The topological polar surface area (TPSA) is 92.7 Å². The van der Waals surface area contributed by atoms with E-state index in [0.717, 1.165) is 12.8 Å². The molecule has 0 amide bonds. The molecule has 7 heteroatoms. The number of carboxylic acids is 1. The first-order valence-corrected chi connectivity index (χ1v) is 8.98. The molecule has 0 aromatic heterocycles. The summed E-state index contributed by atoms with van der Waals surface area (Å²) in [6.07, 6.45) is 1.31. The minimum Gasteiger partial charge on any atom is -0.483 e. The molecule has 1 heterocycles. The fourth-order valence-electron chi connectivity index (χ4n) is 2.44. The Bertz CT molecular complexity index is 665. The summed E-state index contributed by atoms with van der Waals surface area (Å²) in [5, 5.41) is 11.9. The predicted molar refractivity (Wildman–Crippen MR) is 83.2 cm³/mol. The molecule has 0 saturated heterocycles. The quantitative estimate of drug-likeness (QED) is 0.833. The van der Waals surface area contributed by atoms with Crippen LogP contribution >= 0.6 is 0 Å². The van der Waals surface area contributed by atoms with E-state index in [-0.39, 0.29) is 10.5 Å². The van der Waals surface area contributed by atoms with E-state index in [0.29, 0.717) is 18.0 Å². The van der Waals surface area contributed by atoms with Gasteiger partial charge in [-0.05, 0) is 31.0 Å². The number of hydrogen-bond acceptors (Lipinski definition) is 5. The number of ether oxygens (including phenoxy) is 1. The van der Waals surface area contributed by atoms with Crippen LogP contribution in [0.25, 0.3) is 0 Å². The van der Waals surface area contributed by atoms with Gasteiger partial charge >= 0.3 is 5.97 Å². The van der Waals surface area contributed by atoms with Crippen molar-refractivity contribution in [3.8, 4) is 5.75 Å². The molecule has 0 fully saturated rings. The zero-order chi connectivity index (χ0) is 16.4. The fourth-order valence-corrected chi connectivity index (χ4v) is 3.69. The third-order valence-corrected chi connectivity index (χ3v) is 5.82. The number of anilines is 1. The van der Waals surface area contributed by atoms with E-state index < -0.39 is 28.0 Å². The summed E-state index contributed by atoms with van der Waals surface area (Å²) >= 11 is 0. The molecule has 22 heavy (non-hydrogen) atoms. The van der Waals surface area contributed by atoms with E-state index in [2.05, 4.69) is 19.2 Å². The lowest BCUT2D eigenvalue weighted by molar-refractivity contribution is -0.136. The van der Waals surface area contributed by atoms with E-state index in [4.69, 9.17) is 9.84 Å². The van der Waals surface area contributed by atoms with Gasteiger partial charge in [-0.2, -0.15) is 0 Å². The lowest BCUT2D eigenvalue weighted by Crippen LogP contribution is -2.44. The van der Waals surface area contributed by atoms with Crippen LogP contribution in [0.15, 0.2) is 23.1 Å². The minimum absolute atomic E-state index is 0.115. The standard InChI is InChI=1S/C15H21NO5S/c1-3-15(4-2)10-16-12-9-11(5-6-13(12)21-15)22(19,20)8-7-14(17)18/h5-6,9,16H,3-4,7-8,10H2,1-2H3,(H,17,18). The second-order valence-corrected chi connectivity index (χ2v) is 7.58. The van der Waals surface area contributed by atoms with Gasteiger partial charge in [0, 0.05) is 0 Å². The maximum absolute atomic E-state index is 12.1. The summed E-state index contributed by atoms with van der Waals surface area (Å²) in [7, 11) is -3.61. The Hall–Kier alpha value is -1.76. The van der Waals surface area contributed by atoms with Crippen molar-refractivity contribution < 1.29 is 23.1 Å². The smallest absolute Gasteiger partial charge is 0.304 e. The third-order valence-electron chi connectivity index (χ3n) is 4.11. The van der Waals surface area contributed by atoms with Crippen molar-refractivity contribution in [1.29, 1.82) is 0 Å². The first kappa shape index (κ1) is 16.6. The van der Waals surface area contributed by atoms with Crippen molar-refractivity contribution in [2.75, 3.05) is 17.6 Å². The number of fused-ring (bicyclic) bond motifs is 1. The summed E-state index contributed by atoms with van der Waals surface area (Å²) in [6, 6.07) is 4.62. The first-order chi connectivity index (χ1) is 10.3. The summed E-state index contributed by atoms with van der Waals surface area (Å²) < 4.78 is 30.3. The first-order valence-electron chi connectivity index (χ1n) is 7.33. The van der Waals surface area contributed by atoms with Crippen LogP contribution in [0.5, 0.6) is 5.75 Å². The van der Waals surface area contributed by atoms with Crippen molar-refractivity contribution in [3.63, 3.8) is 0 Å². The van der Waals surface area contributed by atoms with Crippen LogP contribution < -0.4 is 10.1 Å². The van der Waals surface area contributed by atoms with Gasteiger partial charge in [-0.15, -0.1) is 0 Å². The number of hydrogen-bond donors (Lipinski definition) is 2. The number of sulfone groups is 1. The lowest BCUT2D eigenvalue weighted by Gasteiger charge is -2.38. The summed E-state index contributed by atoms with van der Waals surface area (Å²) in [5.74, 6) is -0.902. The van der Waals surface area contributed by atoms with Crippen molar-refractivity contribution in [2.24, 2.45) is 0 Å². The number of nitrogens with one attached hydrogen (secondary N) is 1. The number of carbonyl (C=O) groups is 1. The normalized spacial score (nSPS) is 16.3. The van der Waals surface area contributed by atoms with Gasteiger partial charge in [-0.3, -0.25) is 4.79 Å². The number of aliphatic carboxylic acids is 1. The van der Waals surface area contributed by atoms with Crippen LogP contribution in [-0.2, 0) is 14.6 Å². The molecule has 1 aromatic rings. The van der Waals surface area contributed by atoms with Gasteiger partial charge < -0.3 is 15.2 Å². The molecule has 122 valence electrons. The van der Waals surface area contributed by atoms with Gasteiger partial charge in [-0.1, -0.05) is 13.8 Å². The fraction of sp³-hybridized carbons (Fsp3) is 0.533. The van der Waals surface area contributed by atoms with Gasteiger partial charge in [-0.25, -0.2) is 8.42 Å². The number of rotatable bonds is 6. The van der Waals surface area contributed by atoms with E-state index in [1.54, 1.807) is 6.07 Å². The van der Waals surface area contributed by atoms with Gasteiger partial charge in [0.1, 0.15) is 11.4 Å². The highest BCUT2D eigenvalue weighted by molar-refractivity contribution is 7.91. The monoisotopic (exact) mass is 327 g/mol. The average molecular weight is 327 g/mol. The molecular formula is C15H21NO5S. The van der Waals surface area contributed by atoms with Gasteiger partial charge in [0.05, 0.1) is 29.3 Å². The predicted octanol–water partition coefficient (Wildman–Crippen LogP) is 2.30. The molecule has 0 aliphatic carbocycles. The molecule has 0 radical (unpaired) electrons. The molecule has 6 nitrogen and oxygen atoms in total. The maximum atomic E-state index is 12.1. The Morgan fingerprint density at radius 2 is 2.05 bits per heavy atom. The van der Waals surface area contributed by atoms with Crippen molar-refractivity contribution in [2.45, 2.75) is 43.6 Å². The van der Waals surface area contributed by atoms with Crippen LogP contribution in [-0.4, -0.2) is 37.4 Å². The Labute approximate surface area is 130 Å². The number of benzene rings is 1. The molecule has 0 atom stereocenters. The second kappa shape index (κ2) is 6.16. The Kier molecular flexibility index (Phi) is 4.65. The van der Waals surface area contributed by atoms with Crippen LogP contribution in [0.4, 0.5) is 5.69 Å². The van der Waals surface area contributed by atoms with Crippen LogP contribution in [0, 0.1) is 0 Å². The summed E-state index contributed by atoms with van der Waals surface area (Å²) in [5.41, 5.74) is 0.366. The van der Waals surface area contributed by atoms with Crippen molar-refractivity contribution in [1.82, 2.24) is 0 Å². The van der Waals surface area contributed by atoms with Crippen molar-refractivity contribution in [3.05, 3.63) is 18.2 Å². The largest absolute Gasteiger partial charge is 0.483 e. The highest BCUT2D eigenvalue weighted by Crippen LogP contribution is 2.37. The zero-order valence-electron chi connectivity index (χ0n) is 12.8. The Morgan fingerprint density at radius 1 is 1.36 bits per heavy atom. The lowest BCUT2D eigenvalue weighted by atomic mass is 9.95. The van der Waals surface area contributed by atoms with E-state index in [9.17, 15) is 13.2 Å². The van der Waals surface area contributed by atoms with Crippen LogP contribution in [0.1, 0.15) is 33.1 Å². The van der Waals surface area contributed by atoms with Crippen molar-refractivity contribution >= 4 is 21.5 Å². The van der Waals surface area contributed by atoms with Crippen LogP contribution in [0.2, 0.25) is 0 Å². The molecule has 2 rings (SSSR count). The molecule has 0 saturated carbocycles. The minimum atomic E-state index is -3.61. The van der Waals surface area contributed by atoms with Crippen LogP contribution in [0.3, 0.4) is 0 Å². The van der Waals surface area contributed by atoms with Gasteiger partial charge in [0.2, 0.25) is 0 Å². The number of carboxylic acid groups (broad SMARTS) is 1. The van der Waals surface area contributed by atoms with E-state index >= 15 is 0 Å². The third kappa shape index (κ3) is 3.35. The highest BCUT2D eigenvalue weighted by atomic mass is 32.2. The molecule has 1 aromatic carbocycles. The van der Waals surface area contributed by atoms with Gasteiger partial charge in [0.15, 0.2) is 9.84 Å². The molecule has 2 N–H and O–H groups in total. The second-order valence-electron chi connectivity index (χ2n) is 5.47. The molecule has 1 aliphatic heterocycles. The molecule has 0 spiro atoms. The highest BCUT2D eigenvalue weighted by Gasteiger charge is 2.33. The maximum Gasteiger partial charge on any atom is 0.304 e. The summed E-state index contributed by atoms with van der Waals surface area (Å²) in [4.78, 5) is 10.7. The zero-order valence-corrected chi connectivity index (χ0v) is 13.6. The van der Waals surface area contributed by atoms with E-state index in [1.807, 2.05) is 0 Å². The summed E-state index contributed by atoms with van der Waals surface area (Å²) in [6.45, 7) is 4.73. The molecule has 1 aliphatic rings. The van der Waals surface area contributed by atoms with Gasteiger partial charge in [0.25, 0.3) is 0 Å². The van der Waals surface area contributed by atoms with E-state index in [1.165, 1.54) is 12.1 Å². The average Bonchev–Trinajstić information content (AvgIpc) is 2.52. The Morgan fingerprint density at radius 3 is 2.64 bits per heavy atom. The molecule has 0 unspecified atom stereocenters. The molecular weight excluding hydrogens is 306 g/mol. The molecule has 0 bridgehead atoms. The SMILES string of the molecule is CCC1(CC)CNc2cc(S(=O)(=O)CCC(=O)O)ccc2O1.